The topological polar surface area (TPSA) is 76.7 Å². The molecule has 2 aromatic carbocycles. The molecule has 0 spiro atoms. The minimum Gasteiger partial charge on any atom is -0.493 e. The highest BCUT2D eigenvalue weighted by Gasteiger charge is 2.14. The predicted molar refractivity (Wildman–Crippen MR) is 107 cm³/mol. The van der Waals surface area contributed by atoms with Gasteiger partial charge in [-0.15, -0.1) is 0 Å². The lowest BCUT2D eigenvalue weighted by molar-refractivity contribution is 0.0846. The molecule has 0 aliphatic carbocycles. The van der Waals surface area contributed by atoms with Gasteiger partial charge in [-0.1, -0.05) is 25.5 Å². The van der Waals surface area contributed by atoms with Crippen molar-refractivity contribution in [1.82, 2.24) is 10.9 Å². The molecule has 0 bridgehead atoms. The molecule has 6 nitrogen and oxygen atoms in total. The van der Waals surface area contributed by atoms with Gasteiger partial charge in [-0.25, -0.2) is 0 Å². The van der Waals surface area contributed by atoms with Gasteiger partial charge in [0.25, 0.3) is 11.8 Å². The Kier molecular flexibility index (Phi) is 7.71. The van der Waals surface area contributed by atoms with Gasteiger partial charge in [-0.2, -0.15) is 0 Å². The fourth-order valence-electron chi connectivity index (χ4n) is 2.15. The van der Waals surface area contributed by atoms with Gasteiger partial charge >= 0.3 is 0 Å². The molecule has 0 saturated carbocycles. The molecule has 0 fully saturated rings. The summed E-state index contributed by atoms with van der Waals surface area (Å²) in [5, 5.41) is 0. The van der Waals surface area contributed by atoms with Crippen molar-refractivity contribution >= 4 is 34.4 Å². The molecule has 0 heterocycles. The average Bonchev–Trinajstić information content (AvgIpc) is 2.66. The third kappa shape index (κ3) is 5.35. The molecule has 0 unspecified atom stereocenters. The Morgan fingerprint density at radius 3 is 2.46 bits per heavy atom. The number of carbonyl (C=O) groups excluding carboxylic acids is 2. The first-order chi connectivity index (χ1) is 12.6. The van der Waals surface area contributed by atoms with Crippen LogP contribution >= 0.6 is 22.6 Å². The van der Waals surface area contributed by atoms with Crippen LogP contribution in [0.1, 0.15) is 40.5 Å². The van der Waals surface area contributed by atoms with Crippen LogP contribution in [0.25, 0.3) is 0 Å². The number of unbranched alkanes of at least 4 members (excludes halogenated alkanes) is 1. The normalized spacial score (nSPS) is 10.1. The molecule has 2 rings (SSSR count). The summed E-state index contributed by atoms with van der Waals surface area (Å²) in [4.78, 5) is 24.4. The van der Waals surface area contributed by atoms with Crippen molar-refractivity contribution < 1.29 is 19.1 Å². The zero-order chi connectivity index (χ0) is 18.9. The summed E-state index contributed by atoms with van der Waals surface area (Å²) in [6.45, 7) is 2.67. The lowest BCUT2D eigenvalue weighted by Gasteiger charge is -2.12. The van der Waals surface area contributed by atoms with E-state index >= 15 is 0 Å². The monoisotopic (exact) mass is 468 g/mol. The smallest absolute Gasteiger partial charge is 0.270 e. The highest BCUT2D eigenvalue weighted by Crippen LogP contribution is 2.28. The van der Waals surface area contributed by atoms with Crippen LogP contribution in [0.4, 0.5) is 0 Å². The second-order valence-corrected chi connectivity index (χ2v) is 6.62. The zero-order valence-electron chi connectivity index (χ0n) is 14.7. The first-order valence-corrected chi connectivity index (χ1v) is 9.30. The summed E-state index contributed by atoms with van der Waals surface area (Å²) in [6.07, 6.45) is 1.97. The van der Waals surface area contributed by atoms with E-state index in [-0.39, 0.29) is 5.91 Å². The van der Waals surface area contributed by atoms with Gasteiger partial charge in [0, 0.05) is 9.13 Å². The second kappa shape index (κ2) is 10.0. The van der Waals surface area contributed by atoms with E-state index in [1.807, 2.05) is 12.1 Å². The number of nitrogens with one attached hydrogen (secondary N) is 2. The third-order valence-electron chi connectivity index (χ3n) is 3.59. The summed E-state index contributed by atoms with van der Waals surface area (Å²) < 4.78 is 11.7. The maximum Gasteiger partial charge on any atom is 0.270 e. The Labute approximate surface area is 166 Å². The molecular formula is C19H21IN2O4. The third-order valence-corrected chi connectivity index (χ3v) is 4.53. The largest absolute Gasteiger partial charge is 0.493 e. The number of ether oxygens (including phenoxy) is 2. The molecule has 0 aliphatic heterocycles. The molecule has 2 N–H and O–H groups in total. The first kappa shape index (κ1) is 20.0. The number of halogens is 1. The van der Waals surface area contributed by atoms with Crippen molar-refractivity contribution in [2.24, 2.45) is 0 Å². The van der Waals surface area contributed by atoms with Crippen LogP contribution in [0, 0.1) is 3.57 Å². The molecule has 0 aromatic heterocycles. The van der Waals surface area contributed by atoms with E-state index in [1.54, 1.807) is 30.3 Å². The molecule has 138 valence electrons. The summed E-state index contributed by atoms with van der Waals surface area (Å²) in [5.74, 6) is 0.232. The summed E-state index contributed by atoms with van der Waals surface area (Å²) >= 11 is 2.07. The molecule has 0 atom stereocenters. The molecule has 2 amide bonds. The van der Waals surface area contributed by atoms with Crippen LogP contribution in [0.3, 0.4) is 0 Å². The molecular weight excluding hydrogens is 447 g/mol. The highest BCUT2D eigenvalue weighted by atomic mass is 127. The first-order valence-electron chi connectivity index (χ1n) is 8.22. The van der Waals surface area contributed by atoms with E-state index in [0.29, 0.717) is 29.2 Å². The van der Waals surface area contributed by atoms with E-state index in [0.717, 1.165) is 16.4 Å². The number of rotatable bonds is 7. The molecule has 26 heavy (non-hydrogen) atoms. The van der Waals surface area contributed by atoms with Crippen LogP contribution in [-0.4, -0.2) is 25.5 Å². The average molecular weight is 468 g/mol. The van der Waals surface area contributed by atoms with E-state index in [9.17, 15) is 9.59 Å². The Balaban J connectivity index is 2.00. The van der Waals surface area contributed by atoms with E-state index in [1.165, 1.54) is 7.11 Å². The number of carbonyl (C=O) groups is 2. The van der Waals surface area contributed by atoms with Crippen molar-refractivity contribution in [1.29, 1.82) is 0 Å². The fourth-order valence-corrected chi connectivity index (χ4v) is 2.79. The van der Waals surface area contributed by atoms with Gasteiger partial charge in [0.15, 0.2) is 11.5 Å². The van der Waals surface area contributed by atoms with Gasteiger partial charge < -0.3 is 9.47 Å². The second-order valence-electron chi connectivity index (χ2n) is 5.46. The summed E-state index contributed by atoms with van der Waals surface area (Å²) in [5.41, 5.74) is 5.67. The molecule has 7 heteroatoms. The van der Waals surface area contributed by atoms with Crippen molar-refractivity contribution in [3.63, 3.8) is 0 Å². The molecule has 0 aliphatic rings. The number of hydrogen-bond donors (Lipinski definition) is 2. The Morgan fingerprint density at radius 2 is 1.77 bits per heavy atom. The SMILES string of the molecule is CCCCOc1ccc(C(=O)NNC(=O)c2ccccc2I)cc1OC. The minimum absolute atomic E-state index is 0.354. The van der Waals surface area contributed by atoms with Crippen molar-refractivity contribution in [2.75, 3.05) is 13.7 Å². The number of benzene rings is 2. The number of hydrogen-bond acceptors (Lipinski definition) is 4. The van der Waals surface area contributed by atoms with E-state index in [4.69, 9.17) is 9.47 Å². The lowest BCUT2D eigenvalue weighted by Crippen LogP contribution is -2.41. The van der Waals surface area contributed by atoms with E-state index < -0.39 is 5.91 Å². The quantitative estimate of drug-likeness (QED) is 0.370. The predicted octanol–water partition coefficient (Wildman–Crippen LogP) is 3.55. The van der Waals surface area contributed by atoms with Crippen molar-refractivity contribution in [2.45, 2.75) is 19.8 Å². The maximum atomic E-state index is 12.3. The number of methoxy groups -OCH3 is 1. The highest BCUT2D eigenvalue weighted by molar-refractivity contribution is 14.1. The molecule has 0 saturated heterocycles. The standard InChI is InChI=1S/C19H21IN2O4/c1-3-4-11-26-16-10-9-13(12-17(16)25-2)18(23)21-22-19(24)14-7-5-6-8-15(14)20/h5-10,12H,3-4,11H2,1-2H3,(H,21,23)(H,22,24). The van der Waals surface area contributed by atoms with Gasteiger partial charge in [-0.05, 0) is 59.3 Å². The fraction of sp³-hybridized carbons (Fsp3) is 0.263. The van der Waals surface area contributed by atoms with Crippen LogP contribution in [0.5, 0.6) is 11.5 Å². The minimum atomic E-state index is -0.442. The summed E-state index contributed by atoms with van der Waals surface area (Å²) in [6, 6.07) is 12.0. The Bertz CT molecular complexity index is 780. The molecule has 2 aromatic rings. The van der Waals surface area contributed by atoms with Crippen molar-refractivity contribution in [3.8, 4) is 11.5 Å². The number of hydrazine groups is 1. The van der Waals surface area contributed by atoms with Gasteiger partial charge in [-0.3, -0.25) is 20.4 Å². The van der Waals surface area contributed by atoms with Gasteiger partial charge in [0.05, 0.1) is 19.3 Å². The van der Waals surface area contributed by atoms with Crippen molar-refractivity contribution in [3.05, 3.63) is 57.2 Å². The van der Waals surface area contributed by atoms with Gasteiger partial charge in [0.1, 0.15) is 0 Å². The van der Waals surface area contributed by atoms with Crippen LogP contribution in [-0.2, 0) is 0 Å². The van der Waals surface area contributed by atoms with Crippen LogP contribution < -0.4 is 20.3 Å². The van der Waals surface area contributed by atoms with Crippen LogP contribution in [0.15, 0.2) is 42.5 Å². The lowest BCUT2D eigenvalue weighted by atomic mass is 10.2. The zero-order valence-corrected chi connectivity index (χ0v) is 16.8. The maximum absolute atomic E-state index is 12.3. The summed E-state index contributed by atoms with van der Waals surface area (Å²) in [7, 11) is 1.52. The number of amides is 2. The van der Waals surface area contributed by atoms with Gasteiger partial charge in [0.2, 0.25) is 0 Å². The molecule has 0 radical (unpaired) electrons. The Morgan fingerprint density at radius 1 is 1.04 bits per heavy atom. The van der Waals surface area contributed by atoms with Crippen LogP contribution in [0.2, 0.25) is 0 Å². The Hall–Kier alpha value is -2.29. The van der Waals surface area contributed by atoms with E-state index in [2.05, 4.69) is 40.4 Å².